The van der Waals surface area contributed by atoms with E-state index in [9.17, 15) is 13.9 Å². The standard InChI is InChI=1S/C5H11NO2S.O5P2/c1-9-3-2-4(6)5(7)8;1-6(2)5-7(3)4/h4H,2-3,6H2,1H3,(H,7,8);/p+2. The molecule has 0 fully saturated rings. The van der Waals surface area contributed by atoms with Crippen LogP contribution in [0.4, 0.5) is 0 Å². The predicted molar refractivity (Wildman–Crippen MR) is 59.3 cm³/mol. The van der Waals surface area contributed by atoms with Gasteiger partial charge in [0.25, 0.3) is 0 Å². The van der Waals surface area contributed by atoms with E-state index >= 15 is 0 Å². The fraction of sp³-hybridized carbons (Fsp3) is 0.800. The lowest BCUT2D eigenvalue weighted by Gasteiger charge is -2.02. The van der Waals surface area contributed by atoms with E-state index in [-0.39, 0.29) is 0 Å². The number of carboxylic acid groups (broad SMARTS) is 1. The molecule has 0 aliphatic rings. The molecule has 11 heteroatoms. The third-order valence-corrected chi connectivity index (χ3v) is 2.85. The second-order valence-electron chi connectivity index (χ2n) is 2.28. The molecule has 5 N–H and O–H groups in total. The SMILES string of the molecule is CSCCC(N)C(=O)O.O=[P+](O)O[P+](=O)O. The molecule has 0 radical (unpaired) electrons. The first kappa shape index (κ1) is 18.2. The first-order chi connectivity index (χ1) is 7.31. The van der Waals surface area contributed by atoms with Gasteiger partial charge in [-0.25, -0.2) is 0 Å². The Bertz CT molecular complexity index is 239. The van der Waals surface area contributed by atoms with E-state index in [0.717, 1.165) is 5.75 Å². The van der Waals surface area contributed by atoms with Crippen molar-refractivity contribution in [3.63, 3.8) is 0 Å². The zero-order chi connectivity index (χ0) is 13.1. The number of hydrogen-bond donors (Lipinski definition) is 4. The molecular formula is C5H13NO7P2S+2. The van der Waals surface area contributed by atoms with E-state index in [1.54, 1.807) is 11.8 Å². The number of carbonyl (C=O) groups is 1. The van der Waals surface area contributed by atoms with E-state index in [2.05, 4.69) is 4.31 Å². The quantitative estimate of drug-likeness (QED) is 0.512. The molecule has 0 aromatic rings. The number of thioether (sulfide) groups is 1. The van der Waals surface area contributed by atoms with Gasteiger partial charge in [-0.05, 0) is 18.4 Å². The first-order valence-electron chi connectivity index (χ1n) is 3.79. The average Bonchev–Trinajstić information content (AvgIpc) is 2.12. The molecule has 0 aromatic carbocycles. The monoisotopic (exact) mass is 293 g/mol. The summed E-state index contributed by atoms with van der Waals surface area (Å²) < 4.78 is 22.2. The summed E-state index contributed by atoms with van der Waals surface area (Å²) in [4.78, 5) is 25.4. The van der Waals surface area contributed by atoms with Crippen molar-refractivity contribution in [1.29, 1.82) is 0 Å². The van der Waals surface area contributed by atoms with E-state index in [1.165, 1.54) is 0 Å². The smallest absolute Gasteiger partial charge is 0.480 e. The second-order valence-corrected chi connectivity index (χ2v) is 4.87. The van der Waals surface area contributed by atoms with Crippen molar-refractivity contribution in [2.75, 3.05) is 12.0 Å². The molecule has 0 spiro atoms. The van der Waals surface area contributed by atoms with Crippen molar-refractivity contribution in [1.82, 2.24) is 0 Å². The van der Waals surface area contributed by atoms with Crippen LogP contribution < -0.4 is 5.73 Å². The molecule has 3 atom stereocenters. The highest BCUT2D eigenvalue weighted by molar-refractivity contribution is 7.98. The summed E-state index contributed by atoms with van der Waals surface area (Å²) in [5.41, 5.74) is 5.19. The summed E-state index contributed by atoms with van der Waals surface area (Å²) >= 11 is 1.60. The van der Waals surface area contributed by atoms with E-state index in [1.807, 2.05) is 6.26 Å². The summed E-state index contributed by atoms with van der Waals surface area (Å²) in [6.07, 6.45) is 2.48. The van der Waals surface area contributed by atoms with Crippen LogP contribution in [0.15, 0.2) is 0 Å². The summed E-state index contributed by atoms with van der Waals surface area (Å²) in [6.45, 7) is 0. The summed E-state index contributed by atoms with van der Waals surface area (Å²) in [7, 11) is -5.85. The van der Waals surface area contributed by atoms with Crippen LogP contribution in [0.3, 0.4) is 0 Å². The van der Waals surface area contributed by atoms with Gasteiger partial charge in [0.1, 0.15) is 6.04 Å². The maximum absolute atomic E-state index is 10.1. The van der Waals surface area contributed by atoms with Gasteiger partial charge in [0, 0.05) is 9.13 Å². The third-order valence-electron chi connectivity index (χ3n) is 1.09. The molecule has 94 valence electrons. The highest BCUT2D eigenvalue weighted by Gasteiger charge is 2.31. The van der Waals surface area contributed by atoms with E-state index < -0.39 is 28.5 Å². The average molecular weight is 293 g/mol. The fourth-order valence-electron chi connectivity index (χ4n) is 0.428. The molecule has 8 nitrogen and oxygen atoms in total. The van der Waals surface area contributed by atoms with Crippen molar-refractivity contribution < 1.29 is 33.1 Å². The number of aliphatic carboxylic acids is 1. The van der Waals surface area contributed by atoms with Crippen molar-refractivity contribution in [2.24, 2.45) is 5.73 Å². The van der Waals surface area contributed by atoms with Gasteiger partial charge in [-0.1, -0.05) is 0 Å². The van der Waals surface area contributed by atoms with Gasteiger partial charge >= 0.3 is 22.5 Å². The van der Waals surface area contributed by atoms with Gasteiger partial charge in [0.15, 0.2) is 4.31 Å². The minimum Gasteiger partial charge on any atom is -0.480 e. The van der Waals surface area contributed by atoms with Gasteiger partial charge in [-0.2, -0.15) is 11.8 Å². The van der Waals surface area contributed by atoms with Gasteiger partial charge < -0.3 is 10.8 Å². The fourth-order valence-corrected chi connectivity index (χ4v) is 1.40. The van der Waals surface area contributed by atoms with Gasteiger partial charge in [0.2, 0.25) is 0 Å². The van der Waals surface area contributed by atoms with E-state index in [0.29, 0.717) is 6.42 Å². The predicted octanol–water partition coefficient (Wildman–Crippen LogP) is 0.454. The summed E-state index contributed by atoms with van der Waals surface area (Å²) in [5, 5.41) is 8.27. The first-order valence-corrected chi connectivity index (χ1v) is 7.44. The van der Waals surface area contributed by atoms with Crippen LogP contribution in [-0.2, 0) is 18.2 Å². The molecule has 16 heavy (non-hydrogen) atoms. The Hall–Kier alpha value is -0.140. The van der Waals surface area contributed by atoms with Gasteiger partial charge in [0.05, 0.1) is 0 Å². The zero-order valence-corrected chi connectivity index (χ0v) is 11.0. The number of nitrogens with two attached hydrogens (primary N) is 1. The van der Waals surface area contributed by atoms with Crippen LogP contribution in [0.25, 0.3) is 0 Å². The lowest BCUT2D eigenvalue weighted by Crippen LogP contribution is -2.30. The van der Waals surface area contributed by atoms with Crippen molar-refractivity contribution in [2.45, 2.75) is 12.5 Å². The third kappa shape index (κ3) is 16.3. The molecule has 3 unspecified atom stereocenters. The van der Waals surface area contributed by atoms with Crippen LogP contribution in [0.1, 0.15) is 6.42 Å². The molecule has 0 heterocycles. The lowest BCUT2D eigenvalue weighted by molar-refractivity contribution is -0.138. The van der Waals surface area contributed by atoms with Crippen LogP contribution in [-0.4, -0.2) is 38.9 Å². The van der Waals surface area contributed by atoms with Crippen molar-refractivity contribution in [3.05, 3.63) is 0 Å². The van der Waals surface area contributed by atoms with Gasteiger partial charge in [-0.15, -0.1) is 9.79 Å². The number of hydrogen-bond acceptors (Lipinski definition) is 6. The minimum absolute atomic E-state index is 0.552. The molecule has 0 saturated carbocycles. The Morgan fingerprint density at radius 2 is 1.88 bits per heavy atom. The second kappa shape index (κ2) is 11.3. The molecule has 0 rings (SSSR count). The van der Waals surface area contributed by atoms with Crippen molar-refractivity contribution >= 4 is 34.2 Å². The molecule has 0 aromatic heterocycles. The Kier molecular flexibility index (Phi) is 12.9. The lowest BCUT2D eigenvalue weighted by atomic mass is 10.2. The molecule has 0 bridgehead atoms. The molecule has 0 aliphatic heterocycles. The molecule has 0 saturated heterocycles. The Labute approximate surface area is 98.1 Å². The topological polar surface area (TPSA) is 147 Å². The van der Waals surface area contributed by atoms with Gasteiger partial charge in [-0.3, -0.25) is 4.79 Å². The van der Waals surface area contributed by atoms with Crippen LogP contribution >= 0.6 is 28.3 Å². The highest BCUT2D eigenvalue weighted by atomic mass is 32.2. The van der Waals surface area contributed by atoms with Crippen molar-refractivity contribution in [3.8, 4) is 0 Å². The largest absolute Gasteiger partial charge is 0.745 e. The molecule has 0 amide bonds. The Balaban J connectivity index is 0. The Morgan fingerprint density at radius 3 is 2.06 bits per heavy atom. The molecular weight excluding hydrogens is 280 g/mol. The highest BCUT2D eigenvalue weighted by Crippen LogP contribution is 2.30. The normalized spacial score (nSPS) is 13.2. The number of carboxylic acids is 1. The summed E-state index contributed by atoms with van der Waals surface area (Å²) in [6, 6.07) is -0.683. The zero-order valence-electron chi connectivity index (χ0n) is 8.35. The molecule has 0 aliphatic carbocycles. The maximum Gasteiger partial charge on any atom is 0.745 e. The van der Waals surface area contributed by atoms with Crippen LogP contribution in [0.5, 0.6) is 0 Å². The summed E-state index contributed by atoms with van der Waals surface area (Å²) in [5.74, 6) is -0.1000. The number of rotatable bonds is 6. The van der Waals surface area contributed by atoms with Crippen LogP contribution in [0, 0.1) is 0 Å². The van der Waals surface area contributed by atoms with E-state index in [4.69, 9.17) is 20.6 Å². The van der Waals surface area contributed by atoms with Crippen LogP contribution in [0.2, 0.25) is 0 Å². The minimum atomic E-state index is -2.92. The maximum atomic E-state index is 10.1. The Morgan fingerprint density at radius 1 is 1.44 bits per heavy atom.